The third kappa shape index (κ3) is 3.64. The minimum absolute atomic E-state index is 0.0270. The van der Waals surface area contributed by atoms with E-state index in [0.29, 0.717) is 11.7 Å². The molecule has 3 amide bonds. The van der Waals surface area contributed by atoms with E-state index in [-0.39, 0.29) is 24.0 Å². The number of amides is 3. The summed E-state index contributed by atoms with van der Waals surface area (Å²) >= 11 is 1.94. The maximum Gasteiger partial charge on any atom is 0.315 e. The fourth-order valence-electron chi connectivity index (χ4n) is 4.13. The number of unbranched alkanes of at least 4 members (excludes halogenated alkanes) is 1. The molecule has 3 aliphatic heterocycles. The second-order valence-corrected chi connectivity index (χ2v) is 8.47. The molecule has 134 valence electrons. The van der Waals surface area contributed by atoms with Crippen LogP contribution in [0.3, 0.4) is 0 Å². The first-order valence-corrected chi connectivity index (χ1v) is 10.3. The van der Waals surface area contributed by atoms with E-state index >= 15 is 0 Å². The summed E-state index contributed by atoms with van der Waals surface area (Å²) in [4.78, 5) is 25.9. The van der Waals surface area contributed by atoms with E-state index in [4.69, 9.17) is 0 Å². The van der Waals surface area contributed by atoms with E-state index < -0.39 is 0 Å². The predicted octanol–water partition coefficient (Wildman–Crippen LogP) is 2.30. The first-order chi connectivity index (χ1) is 12.2. The van der Waals surface area contributed by atoms with Gasteiger partial charge >= 0.3 is 6.03 Å². The van der Waals surface area contributed by atoms with Gasteiger partial charge in [-0.15, -0.1) is 0 Å². The Balaban J connectivity index is 1.19. The molecule has 2 fully saturated rings. The zero-order chi connectivity index (χ0) is 17.2. The molecule has 0 radical (unpaired) electrons. The molecule has 0 spiro atoms. The minimum atomic E-state index is -0.0270. The maximum absolute atomic E-state index is 12.5. The summed E-state index contributed by atoms with van der Waals surface area (Å²) in [5, 5.41) is 6.49. The van der Waals surface area contributed by atoms with Gasteiger partial charge in [-0.2, -0.15) is 11.8 Å². The Kier molecular flexibility index (Phi) is 4.88. The van der Waals surface area contributed by atoms with Crippen molar-refractivity contribution < 1.29 is 9.59 Å². The van der Waals surface area contributed by atoms with Crippen LogP contribution in [0.1, 0.15) is 36.8 Å². The molecule has 0 aromatic heterocycles. The Morgan fingerprint density at radius 2 is 2.04 bits per heavy atom. The number of urea groups is 1. The minimum Gasteiger partial charge on any atom is -0.338 e. The van der Waals surface area contributed by atoms with Crippen molar-refractivity contribution in [3.63, 3.8) is 0 Å². The fourth-order valence-corrected chi connectivity index (χ4v) is 5.68. The van der Waals surface area contributed by atoms with Crippen molar-refractivity contribution in [3.05, 3.63) is 35.4 Å². The highest BCUT2D eigenvalue weighted by Gasteiger charge is 2.42. The number of thioether (sulfide) groups is 1. The van der Waals surface area contributed by atoms with Crippen LogP contribution in [0.5, 0.6) is 0 Å². The Hall–Kier alpha value is -1.69. The van der Waals surface area contributed by atoms with Crippen molar-refractivity contribution in [3.8, 4) is 0 Å². The number of carbonyl (C=O) groups excluding carboxylic acids is 2. The maximum atomic E-state index is 12.5. The van der Waals surface area contributed by atoms with E-state index in [0.717, 1.165) is 44.5 Å². The van der Waals surface area contributed by atoms with Crippen LogP contribution < -0.4 is 10.6 Å². The van der Waals surface area contributed by atoms with Crippen LogP contribution in [-0.2, 0) is 17.8 Å². The Bertz CT molecular complexity index is 666. The quantitative estimate of drug-likeness (QED) is 0.626. The topological polar surface area (TPSA) is 61.4 Å². The van der Waals surface area contributed by atoms with Gasteiger partial charge in [0.1, 0.15) is 0 Å². The van der Waals surface area contributed by atoms with Gasteiger partial charge in [-0.1, -0.05) is 30.7 Å². The number of fused-ring (bicyclic) bond motifs is 2. The lowest BCUT2D eigenvalue weighted by atomic mass is 9.99. The van der Waals surface area contributed by atoms with Crippen molar-refractivity contribution in [1.29, 1.82) is 0 Å². The monoisotopic (exact) mass is 359 g/mol. The Morgan fingerprint density at radius 3 is 2.92 bits per heavy atom. The van der Waals surface area contributed by atoms with Gasteiger partial charge in [-0.25, -0.2) is 4.79 Å². The third-order valence-corrected chi connectivity index (χ3v) is 7.06. The van der Waals surface area contributed by atoms with Crippen molar-refractivity contribution >= 4 is 23.7 Å². The van der Waals surface area contributed by atoms with Gasteiger partial charge in [0.2, 0.25) is 5.91 Å². The molecule has 3 heterocycles. The first kappa shape index (κ1) is 16.8. The SMILES string of the molecule is O=C1N[C@@H]2[C@H](CCCCC(=O)N3CCc4ccccc4C3)SC[C@H]2N1. The summed E-state index contributed by atoms with van der Waals surface area (Å²) in [5.74, 6) is 1.28. The first-order valence-electron chi connectivity index (χ1n) is 9.24. The molecule has 2 saturated heterocycles. The third-order valence-electron chi connectivity index (χ3n) is 5.55. The van der Waals surface area contributed by atoms with Crippen LogP contribution in [0.2, 0.25) is 0 Å². The predicted molar refractivity (Wildman–Crippen MR) is 99.5 cm³/mol. The largest absolute Gasteiger partial charge is 0.338 e. The lowest BCUT2D eigenvalue weighted by molar-refractivity contribution is -0.132. The summed E-state index contributed by atoms with van der Waals surface area (Å²) in [5.41, 5.74) is 2.67. The highest BCUT2D eigenvalue weighted by Crippen LogP contribution is 2.33. The number of hydrogen-bond acceptors (Lipinski definition) is 3. The van der Waals surface area contributed by atoms with Gasteiger partial charge in [0.25, 0.3) is 0 Å². The van der Waals surface area contributed by atoms with Crippen LogP contribution in [0.15, 0.2) is 24.3 Å². The van der Waals surface area contributed by atoms with E-state index in [1.165, 1.54) is 11.1 Å². The van der Waals surface area contributed by atoms with Gasteiger partial charge in [-0.05, 0) is 30.4 Å². The molecular formula is C19H25N3O2S. The molecule has 0 bridgehead atoms. The molecule has 3 aliphatic rings. The molecule has 0 saturated carbocycles. The molecule has 1 aromatic rings. The summed E-state index contributed by atoms with van der Waals surface area (Å²) in [7, 11) is 0. The second-order valence-electron chi connectivity index (χ2n) is 7.20. The number of hydrogen-bond donors (Lipinski definition) is 2. The summed E-state index contributed by atoms with van der Waals surface area (Å²) in [6.45, 7) is 1.60. The van der Waals surface area contributed by atoms with Crippen LogP contribution in [0.4, 0.5) is 4.79 Å². The van der Waals surface area contributed by atoms with E-state index in [1.54, 1.807) is 0 Å². The molecule has 1 aromatic carbocycles. The average molecular weight is 359 g/mol. The van der Waals surface area contributed by atoms with Crippen molar-refractivity contribution in [2.75, 3.05) is 12.3 Å². The lowest BCUT2D eigenvalue weighted by Gasteiger charge is -2.29. The molecule has 25 heavy (non-hydrogen) atoms. The molecule has 3 atom stereocenters. The molecule has 0 unspecified atom stereocenters. The Morgan fingerprint density at radius 1 is 1.20 bits per heavy atom. The normalized spacial score (nSPS) is 27.4. The van der Waals surface area contributed by atoms with Crippen LogP contribution >= 0.6 is 11.8 Å². The number of nitrogens with one attached hydrogen (secondary N) is 2. The lowest BCUT2D eigenvalue weighted by Crippen LogP contribution is -2.37. The molecule has 2 N–H and O–H groups in total. The van der Waals surface area contributed by atoms with Crippen LogP contribution in [0.25, 0.3) is 0 Å². The summed E-state index contributed by atoms with van der Waals surface area (Å²) < 4.78 is 0. The van der Waals surface area contributed by atoms with Gasteiger partial charge < -0.3 is 15.5 Å². The highest BCUT2D eigenvalue weighted by molar-refractivity contribution is 8.00. The fraction of sp³-hybridized carbons (Fsp3) is 0.579. The molecular weight excluding hydrogens is 334 g/mol. The number of benzene rings is 1. The average Bonchev–Trinajstić information content (AvgIpc) is 3.17. The standard InChI is InChI=1S/C19H25N3O2S/c23-17(22-10-9-13-5-1-2-6-14(13)11-22)8-4-3-7-16-18-15(12-25-16)20-19(24)21-18/h1-2,5-6,15-16,18H,3-4,7-12H2,(H2,20,21,24)/t15-,16+,18+/m1/s1. The van der Waals surface area contributed by atoms with Gasteiger partial charge in [-0.3, -0.25) is 4.79 Å². The zero-order valence-electron chi connectivity index (χ0n) is 14.4. The smallest absolute Gasteiger partial charge is 0.315 e. The summed E-state index contributed by atoms with van der Waals surface area (Å²) in [6.07, 6.45) is 4.66. The van der Waals surface area contributed by atoms with Crippen LogP contribution in [0, 0.1) is 0 Å². The number of rotatable bonds is 5. The van der Waals surface area contributed by atoms with Gasteiger partial charge in [0.05, 0.1) is 12.1 Å². The number of carbonyl (C=O) groups is 2. The Labute approximate surface area is 152 Å². The van der Waals surface area contributed by atoms with E-state index in [9.17, 15) is 9.59 Å². The van der Waals surface area contributed by atoms with E-state index in [2.05, 4.69) is 34.9 Å². The van der Waals surface area contributed by atoms with Gasteiger partial charge in [0, 0.05) is 30.5 Å². The van der Waals surface area contributed by atoms with Crippen molar-refractivity contribution in [2.45, 2.75) is 56.0 Å². The molecule has 5 nitrogen and oxygen atoms in total. The number of nitrogens with zero attached hydrogens (tertiary/aromatic N) is 1. The van der Waals surface area contributed by atoms with Crippen molar-refractivity contribution in [1.82, 2.24) is 15.5 Å². The van der Waals surface area contributed by atoms with Crippen LogP contribution in [-0.4, -0.2) is 46.5 Å². The molecule has 0 aliphatic carbocycles. The second kappa shape index (κ2) is 7.28. The highest BCUT2D eigenvalue weighted by atomic mass is 32.2. The summed E-state index contributed by atoms with van der Waals surface area (Å²) in [6, 6.07) is 8.96. The van der Waals surface area contributed by atoms with Crippen molar-refractivity contribution in [2.24, 2.45) is 0 Å². The zero-order valence-corrected chi connectivity index (χ0v) is 15.2. The van der Waals surface area contributed by atoms with Gasteiger partial charge in [0.15, 0.2) is 0 Å². The molecule has 4 rings (SSSR count). The molecule has 6 heteroatoms. The van der Waals surface area contributed by atoms with E-state index in [1.807, 2.05) is 16.7 Å².